The van der Waals surface area contributed by atoms with Gasteiger partial charge in [0.25, 0.3) is 0 Å². The van der Waals surface area contributed by atoms with Crippen LogP contribution in [0, 0.1) is 10.9 Å². The summed E-state index contributed by atoms with van der Waals surface area (Å²) in [6.07, 6.45) is 0. The molecule has 0 aromatic carbocycles. The van der Waals surface area contributed by atoms with Crippen LogP contribution in [0.5, 0.6) is 0 Å². The number of halogens is 3. The predicted molar refractivity (Wildman–Crippen MR) is 36.2 cm³/mol. The molecule has 0 atom stereocenters. The van der Waals surface area contributed by atoms with Crippen LogP contribution in [0.25, 0.3) is 0 Å². The van der Waals surface area contributed by atoms with E-state index in [0.717, 1.165) is 0 Å². The minimum atomic E-state index is -1.52. The lowest BCUT2D eigenvalue weighted by Gasteiger charge is -1.84. The smallest absolute Gasteiger partial charge is 0.349 e. The third-order valence-electron chi connectivity index (χ3n) is 0.951. The fourth-order valence-corrected chi connectivity index (χ4v) is 1.41. The molecule has 0 aliphatic heterocycles. The molecule has 0 fully saturated rings. The number of aromatic carboxylic acids is 1. The van der Waals surface area contributed by atoms with Gasteiger partial charge in [0.1, 0.15) is 5.02 Å². The van der Waals surface area contributed by atoms with E-state index < -0.39 is 26.8 Å². The van der Waals surface area contributed by atoms with E-state index in [0.29, 0.717) is 0 Å². The van der Waals surface area contributed by atoms with Crippen LogP contribution in [0.3, 0.4) is 0 Å². The number of carboxylic acid groups (broad SMARTS) is 1. The maximum Gasteiger partial charge on any atom is 0.349 e. The Morgan fingerprint density at radius 3 is 2.27 bits per heavy atom. The lowest BCUT2D eigenvalue weighted by atomic mass is 10.4. The van der Waals surface area contributed by atoms with Crippen molar-refractivity contribution in [2.24, 2.45) is 0 Å². The Labute approximate surface area is 69.0 Å². The molecule has 0 bridgehead atoms. The van der Waals surface area contributed by atoms with Crippen molar-refractivity contribution >= 4 is 28.9 Å². The van der Waals surface area contributed by atoms with Crippen molar-refractivity contribution in [3.8, 4) is 0 Å². The molecule has 1 rings (SSSR count). The average molecular weight is 199 g/mol. The summed E-state index contributed by atoms with van der Waals surface area (Å²) >= 11 is 5.22. The third-order valence-corrected chi connectivity index (χ3v) is 2.34. The molecule has 0 radical (unpaired) electrons. The zero-order valence-electron chi connectivity index (χ0n) is 4.90. The largest absolute Gasteiger partial charge is 0.477 e. The van der Waals surface area contributed by atoms with Gasteiger partial charge in [-0.05, 0) is 0 Å². The minimum absolute atomic E-state index is 0.176. The van der Waals surface area contributed by atoms with Gasteiger partial charge in [0.05, 0.1) is 0 Å². The molecule has 0 aliphatic carbocycles. The Balaban J connectivity index is 3.29. The molecule has 6 heteroatoms. The van der Waals surface area contributed by atoms with Gasteiger partial charge in [-0.15, -0.1) is 0 Å². The van der Waals surface area contributed by atoms with Crippen LogP contribution in [0.4, 0.5) is 8.78 Å². The Hall–Kier alpha value is -0.680. The van der Waals surface area contributed by atoms with Crippen molar-refractivity contribution in [2.75, 3.05) is 0 Å². The standard InChI is InChI=1S/C5HClF2O2S/c6-1-2(7)3(5(9)10)11-4(1)8/h(H,9,10). The molecule has 11 heavy (non-hydrogen) atoms. The first-order chi connectivity index (χ1) is 5.04. The van der Waals surface area contributed by atoms with E-state index in [2.05, 4.69) is 0 Å². The monoisotopic (exact) mass is 198 g/mol. The molecule has 2 nitrogen and oxygen atoms in total. The molecule has 0 aliphatic rings. The summed E-state index contributed by atoms with van der Waals surface area (Å²) < 4.78 is 24.9. The highest BCUT2D eigenvalue weighted by Gasteiger charge is 2.21. The Bertz CT molecular complexity index is 310. The van der Waals surface area contributed by atoms with Gasteiger partial charge < -0.3 is 5.11 Å². The first-order valence-corrected chi connectivity index (χ1v) is 3.60. The second-order valence-electron chi connectivity index (χ2n) is 1.64. The van der Waals surface area contributed by atoms with Crippen molar-refractivity contribution in [2.45, 2.75) is 0 Å². The molecule has 1 aromatic heterocycles. The highest BCUT2D eigenvalue weighted by molar-refractivity contribution is 7.12. The van der Waals surface area contributed by atoms with Gasteiger partial charge in [0.15, 0.2) is 15.8 Å². The van der Waals surface area contributed by atoms with Crippen molar-refractivity contribution in [1.29, 1.82) is 0 Å². The molecular formula is C5HClF2O2S. The fourth-order valence-electron chi connectivity index (χ4n) is 0.503. The minimum Gasteiger partial charge on any atom is -0.477 e. The molecule has 1 N–H and O–H groups in total. The molecule has 0 amide bonds. The summed E-state index contributed by atoms with van der Waals surface area (Å²) in [6, 6.07) is 0. The van der Waals surface area contributed by atoms with Crippen molar-refractivity contribution in [3.05, 3.63) is 20.8 Å². The topological polar surface area (TPSA) is 37.3 Å². The Kier molecular flexibility index (Phi) is 2.10. The van der Waals surface area contributed by atoms with Gasteiger partial charge in [-0.25, -0.2) is 9.18 Å². The molecule has 0 spiro atoms. The second kappa shape index (κ2) is 2.75. The summed E-state index contributed by atoms with van der Waals surface area (Å²) in [5.74, 6) is -2.72. The van der Waals surface area contributed by atoms with Crippen molar-refractivity contribution in [3.63, 3.8) is 0 Å². The first-order valence-electron chi connectivity index (χ1n) is 2.40. The van der Waals surface area contributed by atoms with E-state index in [1.54, 1.807) is 0 Å². The summed E-state index contributed by atoms with van der Waals surface area (Å²) in [6.45, 7) is 0. The average Bonchev–Trinajstić information content (AvgIpc) is 2.17. The number of thiophene rings is 1. The van der Waals surface area contributed by atoms with Crippen LogP contribution >= 0.6 is 22.9 Å². The van der Waals surface area contributed by atoms with Gasteiger partial charge in [-0.1, -0.05) is 22.9 Å². The van der Waals surface area contributed by atoms with Gasteiger partial charge in [-0.3, -0.25) is 0 Å². The van der Waals surface area contributed by atoms with E-state index >= 15 is 0 Å². The van der Waals surface area contributed by atoms with Gasteiger partial charge >= 0.3 is 5.97 Å². The number of carboxylic acids is 1. The van der Waals surface area contributed by atoms with Crippen molar-refractivity contribution < 1.29 is 18.7 Å². The SMILES string of the molecule is O=C(O)c1sc(F)c(Cl)c1F. The normalized spacial score (nSPS) is 10.1. The van der Waals surface area contributed by atoms with Crippen LogP contribution in [0.15, 0.2) is 0 Å². The molecule has 60 valence electrons. The highest BCUT2D eigenvalue weighted by Crippen LogP contribution is 2.29. The lowest BCUT2D eigenvalue weighted by Crippen LogP contribution is -1.94. The van der Waals surface area contributed by atoms with Crippen LogP contribution in [0.2, 0.25) is 5.02 Å². The Morgan fingerprint density at radius 1 is 1.55 bits per heavy atom. The van der Waals surface area contributed by atoms with Crippen LogP contribution in [0.1, 0.15) is 9.67 Å². The number of rotatable bonds is 1. The Morgan fingerprint density at radius 2 is 2.09 bits per heavy atom. The van der Waals surface area contributed by atoms with Crippen LogP contribution in [-0.4, -0.2) is 11.1 Å². The van der Waals surface area contributed by atoms with E-state index in [1.165, 1.54) is 0 Å². The van der Waals surface area contributed by atoms with E-state index in [4.69, 9.17) is 16.7 Å². The van der Waals surface area contributed by atoms with Crippen LogP contribution < -0.4 is 0 Å². The molecule has 1 heterocycles. The zero-order chi connectivity index (χ0) is 8.59. The van der Waals surface area contributed by atoms with Crippen molar-refractivity contribution in [1.82, 2.24) is 0 Å². The molecule has 0 saturated heterocycles. The quantitative estimate of drug-likeness (QED) is 0.752. The first kappa shape index (κ1) is 8.42. The third kappa shape index (κ3) is 1.34. The van der Waals surface area contributed by atoms with E-state index in [-0.39, 0.29) is 11.3 Å². The number of hydrogen-bond donors (Lipinski definition) is 1. The number of carbonyl (C=O) groups is 1. The van der Waals surface area contributed by atoms with E-state index in [9.17, 15) is 13.6 Å². The van der Waals surface area contributed by atoms with Crippen LogP contribution in [-0.2, 0) is 0 Å². The molecular weight excluding hydrogens is 198 g/mol. The summed E-state index contributed by atoms with van der Waals surface area (Å²) in [5.41, 5.74) is 0. The van der Waals surface area contributed by atoms with Gasteiger partial charge in [0.2, 0.25) is 0 Å². The second-order valence-corrected chi connectivity index (χ2v) is 2.99. The van der Waals surface area contributed by atoms with E-state index in [1.807, 2.05) is 0 Å². The predicted octanol–water partition coefficient (Wildman–Crippen LogP) is 2.38. The summed E-state index contributed by atoms with van der Waals surface area (Å²) in [7, 11) is 0. The summed E-state index contributed by atoms with van der Waals surface area (Å²) in [4.78, 5) is 9.43. The maximum atomic E-state index is 12.5. The van der Waals surface area contributed by atoms with Gasteiger partial charge in [-0.2, -0.15) is 4.39 Å². The zero-order valence-corrected chi connectivity index (χ0v) is 6.47. The molecule has 0 unspecified atom stereocenters. The molecule has 0 saturated carbocycles. The highest BCUT2D eigenvalue weighted by atomic mass is 35.5. The van der Waals surface area contributed by atoms with Gasteiger partial charge in [0, 0.05) is 0 Å². The lowest BCUT2D eigenvalue weighted by molar-refractivity contribution is 0.0697. The summed E-state index contributed by atoms with van der Waals surface area (Å²) in [5, 5.41) is 6.48. The number of hydrogen-bond acceptors (Lipinski definition) is 2. The molecule has 1 aromatic rings. The maximum absolute atomic E-state index is 12.5. The fraction of sp³-hybridized carbons (Fsp3) is 0.